The second-order valence-corrected chi connectivity index (χ2v) is 9.23. The predicted octanol–water partition coefficient (Wildman–Crippen LogP) is 1.81. The lowest BCUT2D eigenvalue weighted by atomic mass is 10.3. The highest BCUT2D eigenvalue weighted by Crippen LogP contribution is 2.39. The van der Waals surface area contributed by atoms with Gasteiger partial charge in [-0.25, -0.2) is 16.8 Å². The van der Waals surface area contributed by atoms with Crippen molar-refractivity contribution < 1.29 is 26.3 Å². The van der Waals surface area contributed by atoms with Gasteiger partial charge >= 0.3 is 0 Å². The molecule has 1 rings (SSSR count). The summed E-state index contributed by atoms with van der Waals surface area (Å²) in [4.78, 5) is -0.635. The first-order valence-electron chi connectivity index (χ1n) is 5.50. The molecule has 0 spiro atoms. The van der Waals surface area contributed by atoms with Crippen LogP contribution in [0.2, 0.25) is 0 Å². The van der Waals surface area contributed by atoms with Crippen LogP contribution >= 0.6 is 10.7 Å². The van der Waals surface area contributed by atoms with Crippen LogP contribution in [0.25, 0.3) is 0 Å². The van der Waals surface area contributed by atoms with Crippen molar-refractivity contribution in [3.63, 3.8) is 0 Å². The number of rotatable bonds is 5. The molecule has 0 amide bonds. The molecule has 0 radical (unpaired) electrons. The molecule has 0 aliphatic rings. The molecule has 1 aromatic rings. The summed E-state index contributed by atoms with van der Waals surface area (Å²) in [5.74, 6) is -0.154. The fraction of sp³-hybridized carbons (Fsp3) is 0.455. The average molecular weight is 343 g/mol. The Labute approximate surface area is 123 Å². The lowest BCUT2D eigenvalue weighted by molar-refractivity contribution is 0.345. The van der Waals surface area contributed by atoms with Gasteiger partial charge in [-0.05, 0) is 19.9 Å². The van der Waals surface area contributed by atoms with E-state index in [9.17, 15) is 16.8 Å². The number of sulfone groups is 1. The maximum absolute atomic E-state index is 12.1. The van der Waals surface area contributed by atoms with Crippen LogP contribution in [-0.4, -0.2) is 36.3 Å². The van der Waals surface area contributed by atoms with Gasteiger partial charge in [0.15, 0.2) is 21.3 Å². The number of halogens is 1. The van der Waals surface area contributed by atoms with E-state index in [-0.39, 0.29) is 16.4 Å². The van der Waals surface area contributed by atoms with Gasteiger partial charge in [-0.1, -0.05) is 0 Å². The zero-order valence-corrected chi connectivity index (χ0v) is 13.8. The van der Waals surface area contributed by atoms with Crippen molar-refractivity contribution in [1.29, 1.82) is 0 Å². The van der Waals surface area contributed by atoms with Crippen LogP contribution in [0, 0.1) is 0 Å². The molecular formula is C11H15ClO6S2. The van der Waals surface area contributed by atoms with E-state index < -0.39 is 29.0 Å². The minimum absolute atomic E-state index is 0.0200. The molecule has 0 N–H and O–H groups in total. The third-order valence-electron chi connectivity index (χ3n) is 2.63. The van der Waals surface area contributed by atoms with Gasteiger partial charge in [0, 0.05) is 16.7 Å². The molecule has 0 aliphatic carbocycles. The topological polar surface area (TPSA) is 86.7 Å². The zero-order valence-electron chi connectivity index (χ0n) is 11.4. The molecule has 0 saturated carbocycles. The van der Waals surface area contributed by atoms with Crippen molar-refractivity contribution in [3.05, 3.63) is 12.1 Å². The Morgan fingerprint density at radius 3 is 1.95 bits per heavy atom. The fourth-order valence-corrected chi connectivity index (χ4v) is 3.71. The minimum Gasteiger partial charge on any atom is -0.493 e. The van der Waals surface area contributed by atoms with Crippen molar-refractivity contribution in [2.24, 2.45) is 0 Å². The molecule has 9 heteroatoms. The molecule has 20 heavy (non-hydrogen) atoms. The molecule has 0 heterocycles. The Balaban J connectivity index is 3.78. The molecule has 6 nitrogen and oxygen atoms in total. The Bertz CT molecular complexity index is 707. The average Bonchev–Trinajstić information content (AvgIpc) is 2.35. The summed E-state index contributed by atoms with van der Waals surface area (Å²) in [5.41, 5.74) is 0. The van der Waals surface area contributed by atoms with Crippen LogP contribution < -0.4 is 9.47 Å². The van der Waals surface area contributed by atoms with Gasteiger partial charge < -0.3 is 9.47 Å². The van der Waals surface area contributed by atoms with Gasteiger partial charge in [-0.3, -0.25) is 0 Å². The molecule has 0 bridgehead atoms. The monoisotopic (exact) mass is 342 g/mol. The minimum atomic E-state index is -4.18. The summed E-state index contributed by atoms with van der Waals surface area (Å²) in [6.07, 6.45) is 0. The van der Waals surface area contributed by atoms with Crippen LogP contribution in [0.15, 0.2) is 21.9 Å². The summed E-state index contributed by atoms with van der Waals surface area (Å²) in [5, 5.41) is -0.716. The Morgan fingerprint density at radius 2 is 1.60 bits per heavy atom. The first kappa shape index (κ1) is 17.1. The molecular weight excluding hydrogens is 328 g/mol. The predicted molar refractivity (Wildman–Crippen MR) is 74.9 cm³/mol. The number of ether oxygens (including phenoxy) is 2. The summed E-state index contributed by atoms with van der Waals surface area (Å²) in [6.45, 7) is 2.97. The number of methoxy groups -OCH3 is 2. The van der Waals surface area contributed by atoms with Crippen LogP contribution in [0.1, 0.15) is 13.8 Å². The Hall–Kier alpha value is -0.990. The second-order valence-electron chi connectivity index (χ2n) is 4.19. The Kier molecular flexibility index (Phi) is 4.94. The molecule has 0 aliphatic heterocycles. The molecule has 1 aromatic carbocycles. The Morgan fingerprint density at radius 1 is 1.05 bits per heavy atom. The summed E-state index contributed by atoms with van der Waals surface area (Å²) in [7, 11) is -0.0366. The second kappa shape index (κ2) is 5.79. The van der Waals surface area contributed by atoms with E-state index in [4.69, 9.17) is 20.2 Å². The maximum Gasteiger partial charge on any atom is 0.265 e. The number of benzene rings is 1. The molecule has 0 saturated heterocycles. The van der Waals surface area contributed by atoms with Gasteiger partial charge in [0.1, 0.15) is 4.90 Å². The third kappa shape index (κ3) is 3.18. The van der Waals surface area contributed by atoms with E-state index in [0.29, 0.717) is 0 Å². The lowest BCUT2D eigenvalue weighted by Gasteiger charge is -2.14. The smallest absolute Gasteiger partial charge is 0.265 e. The van der Waals surface area contributed by atoms with Crippen LogP contribution in [-0.2, 0) is 18.9 Å². The van der Waals surface area contributed by atoms with Crippen molar-refractivity contribution in [2.75, 3.05) is 14.2 Å². The van der Waals surface area contributed by atoms with E-state index >= 15 is 0 Å². The van der Waals surface area contributed by atoms with Crippen LogP contribution in [0.5, 0.6) is 11.5 Å². The summed E-state index contributed by atoms with van der Waals surface area (Å²) < 4.78 is 57.3. The molecule has 0 atom stereocenters. The highest BCUT2D eigenvalue weighted by molar-refractivity contribution is 8.13. The fourth-order valence-electron chi connectivity index (χ4n) is 1.52. The van der Waals surface area contributed by atoms with Crippen molar-refractivity contribution in [2.45, 2.75) is 28.9 Å². The van der Waals surface area contributed by atoms with Gasteiger partial charge in [0.2, 0.25) is 0 Å². The van der Waals surface area contributed by atoms with E-state index in [1.807, 2.05) is 0 Å². The normalized spacial score (nSPS) is 12.5. The molecule has 0 unspecified atom stereocenters. The first-order valence-corrected chi connectivity index (χ1v) is 9.35. The highest BCUT2D eigenvalue weighted by Gasteiger charge is 2.27. The lowest BCUT2D eigenvalue weighted by Crippen LogP contribution is -2.15. The highest BCUT2D eigenvalue weighted by atomic mass is 35.7. The van der Waals surface area contributed by atoms with Gasteiger partial charge in [0.05, 0.1) is 24.4 Å². The zero-order chi connectivity index (χ0) is 15.7. The van der Waals surface area contributed by atoms with Crippen molar-refractivity contribution in [1.82, 2.24) is 0 Å². The van der Waals surface area contributed by atoms with Crippen LogP contribution in [0.3, 0.4) is 0 Å². The van der Waals surface area contributed by atoms with Crippen molar-refractivity contribution >= 4 is 29.6 Å². The van der Waals surface area contributed by atoms with Gasteiger partial charge in [-0.2, -0.15) is 0 Å². The molecule has 0 aromatic heterocycles. The first-order chi connectivity index (χ1) is 9.05. The standard InChI is InChI=1S/C11H15ClO6S2/c1-7(2)19(13,14)8-5-9(17-3)11(18-4)10(6-8)20(12,15)16/h5-7H,1-4H3. The molecule has 0 fully saturated rings. The van der Waals surface area contributed by atoms with E-state index in [1.54, 1.807) is 0 Å². The van der Waals surface area contributed by atoms with Crippen molar-refractivity contribution in [3.8, 4) is 11.5 Å². The van der Waals surface area contributed by atoms with Gasteiger partial charge in [-0.15, -0.1) is 0 Å². The molecule has 114 valence electrons. The number of hydrogen-bond donors (Lipinski definition) is 0. The number of hydrogen-bond acceptors (Lipinski definition) is 6. The summed E-state index contributed by atoms with van der Waals surface area (Å²) in [6, 6.07) is 2.18. The third-order valence-corrected chi connectivity index (χ3v) is 6.09. The van der Waals surface area contributed by atoms with E-state index in [1.165, 1.54) is 34.1 Å². The maximum atomic E-state index is 12.1. The summed E-state index contributed by atoms with van der Waals surface area (Å²) >= 11 is 0. The van der Waals surface area contributed by atoms with Crippen LogP contribution in [0.4, 0.5) is 0 Å². The quantitative estimate of drug-likeness (QED) is 0.758. The largest absolute Gasteiger partial charge is 0.493 e. The van der Waals surface area contributed by atoms with E-state index in [0.717, 1.165) is 6.07 Å². The SMILES string of the molecule is COc1cc(S(=O)(=O)C(C)C)cc(S(=O)(=O)Cl)c1OC. The van der Waals surface area contributed by atoms with E-state index in [2.05, 4.69) is 0 Å². The van der Waals surface area contributed by atoms with Gasteiger partial charge in [0.25, 0.3) is 9.05 Å².